The Morgan fingerprint density at radius 3 is 2.71 bits per heavy atom. The van der Waals surface area contributed by atoms with Gasteiger partial charge in [-0.15, -0.1) is 0 Å². The van der Waals surface area contributed by atoms with E-state index in [-0.39, 0.29) is 35.0 Å². The van der Waals surface area contributed by atoms with E-state index in [1.165, 1.54) is 22.0 Å². The smallest absolute Gasteiger partial charge is 0.387 e. The first-order valence-corrected chi connectivity index (χ1v) is 8.72. The SMILES string of the molecule is Cc1c(C(C)n2cc([N+](=O)[O-])cn2)cnc(N2C[C@H]3C[C@H]3C2=O)c1OC(F)F. The van der Waals surface area contributed by atoms with Crippen LogP contribution in [0.3, 0.4) is 0 Å². The fourth-order valence-electron chi connectivity index (χ4n) is 3.67. The third-order valence-electron chi connectivity index (χ3n) is 5.33. The minimum atomic E-state index is -3.08. The molecule has 3 atom stereocenters. The quantitative estimate of drug-likeness (QED) is 0.552. The summed E-state index contributed by atoms with van der Waals surface area (Å²) >= 11 is 0. The van der Waals surface area contributed by atoms with E-state index < -0.39 is 17.6 Å². The van der Waals surface area contributed by atoms with Gasteiger partial charge in [0.15, 0.2) is 11.6 Å². The van der Waals surface area contributed by atoms with Crippen LogP contribution in [-0.4, -0.2) is 38.8 Å². The van der Waals surface area contributed by atoms with Crippen molar-refractivity contribution >= 4 is 17.4 Å². The van der Waals surface area contributed by atoms with Gasteiger partial charge in [-0.1, -0.05) is 0 Å². The lowest BCUT2D eigenvalue weighted by Crippen LogP contribution is -2.30. The summed E-state index contributed by atoms with van der Waals surface area (Å²) in [4.78, 5) is 28.3. The van der Waals surface area contributed by atoms with Crippen LogP contribution >= 0.6 is 0 Å². The van der Waals surface area contributed by atoms with Gasteiger partial charge in [0.1, 0.15) is 12.4 Å². The van der Waals surface area contributed by atoms with Gasteiger partial charge in [0.2, 0.25) is 5.91 Å². The summed E-state index contributed by atoms with van der Waals surface area (Å²) in [6.45, 7) is 0.662. The summed E-state index contributed by atoms with van der Waals surface area (Å²) in [6, 6.07) is -0.516. The molecule has 2 aliphatic rings. The molecule has 0 N–H and O–H groups in total. The van der Waals surface area contributed by atoms with Crippen LogP contribution in [0.1, 0.15) is 30.5 Å². The van der Waals surface area contributed by atoms with Crippen LogP contribution in [-0.2, 0) is 4.79 Å². The number of aromatic nitrogens is 3. The van der Waals surface area contributed by atoms with Crippen molar-refractivity contribution < 1.29 is 23.2 Å². The monoisotopic (exact) mass is 393 g/mol. The largest absolute Gasteiger partial charge is 0.431 e. The van der Waals surface area contributed by atoms with Crippen LogP contribution in [0.4, 0.5) is 20.3 Å². The number of carbonyl (C=O) groups excluding carboxylic acids is 1. The molecule has 148 valence electrons. The molecule has 2 aromatic heterocycles. The minimum Gasteiger partial charge on any atom is -0.431 e. The van der Waals surface area contributed by atoms with Crippen molar-refractivity contribution in [2.75, 3.05) is 11.4 Å². The normalized spacial score (nSPS) is 21.8. The zero-order valence-corrected chi connectivity index (χ0v) is 15.1. The number of pyridine rings is 1. The number of carbonyl (C=O) groups is 1. The van der Waals surface area contributed by atoms with Crippen molar-refractivity contribution in [1.29, 1.82) is 0 Å². The maximum atomic E-state index is 13.1. The summed E-state index contributed by atoms with van der Waals surface area (Å²) in [7, 11) is 0. The molecule has 1 amide bonds. The van der Waals surface area contributed by atoms with Crippen LogP contribution in [0.15, 0.2) is 18.6 Å². The highest BCUT2D eigenvalue weighted by Crippen LogP contribution is 2.49. The molecule has 28 heavy (non-hydrogen) atoms. The zero-order chi connectivity index (χ0) is 20.2. The molecular formula is C17H17F2N5O4. The third kappa shape index (κ3) is 2.96. The molecule has 9 nitrogen and oxygen atoms in total. The molecule has 0 spiro atoms. The number of rotatable bonds is 6. The fraction of sp³-hybridized carbons (Fsp3) is 0.471. The Labute approximate surface area is 158 Å². The van der Waals surface area contributed by atoms with E-state index in [1.807, 2.05) is 0 Å². The number of anilines is 1. The van der Waals surface area contributed by atoms with Crippen LogP contribution in [0.2, 0.25) is 0 Å². The molecule has 0 bridgehead atoms. The Kier molecular flexibility index (Phi) is 4.24. The van der Waals surface area contributed by atoms with Gasteiger partial charge in [-0.05, 0) is 26.2 Å². The van der Waals surface area contributed by atoms with Crippen molar-refractivity contribution in [3.63, 3.8) is 0 Å². The average Bonchev–Trinajstić information content (AvgIpc) is 3.09. The standard InChI is InChI=1S/C17H17F2N5O4/c1-8-13(9(2)23-7-11(4-21-23)24(26)27)5-20-15(14(8)28-17(18)19)22-6-10-3-12(10)16(22)25/h4-5,7,9-10,12,17H,3,6H2,1-2H3/t9?,10-,12-/m1/s1. The average molecular weight is 393 g/mol. The summed E-state index contributed by atoms with van der Waals surface area (Å²) in [5.74, 6) is -0.00507. The Hall–Kier alpha value is -3.11. The van der Waals surface area contributed by atoms with Crippen LogP contribution in [0.5, 0.6) is 5.75 Å². The van der Waals surface area contributed by atoms with Gasteiger partial charge in [0, 0.05) is 29.8 Å². The fourth-order valence-corrected chi connectivity index (χ4v) is 3.67. The summed E-state index contributed by atoms with van der Waals surface area (Å²) in [6.07, 6.45) is 4.66. The van der Waals surface area contributed by atoms with E-state index in [9.17, 15) is 23.7 Å². The van der Waals surface area contributed by atoms with Crippen LogP contribution < -0.4 is 9.64 Å². The van der Waals surface area contributed by atoms with Gasteiger partial charge in [-0.25, -0.2) is 4.98 Å². The highest BCUT2D eigenvalue weighted by atomic mass is 19.3. The van der Waals surface area contributed by atoms with Crippen LogP contribution in [0.25, 0.3) is 0 Å². The lowest BCUT2D eigenvalue weighted by Gasteiger charge is -2.24. The lowest BCUT2D eigenvalue weighted by atomic mass is 10.0. The lowest BCUT2D eigenvalue weighted by molar-refractivity contribution is -0.385. The molecule has 1 unspecified atom stereocenters. The molecule has 4 rings (SSSR count). The molecule has 3 heterocycles. The Morgan fingerprint density at radius 2 is 2.14 bits per heavy atom. The number of fused-ring (bicyclic) bond motifs is 1. The molecule has 2 fully saturated rings. The predicted octanol–water partition coefficient (Wildman–Crippen LogP) is 2.69. The maximum absolute atomic E-state index is 13.1. The second-order valence-corrected chi connectivity index (χ2v) is 7.03. The highest BCUT2D eigenvalue weighted by molar-refractivity contribution is 6.00. The number of hydrogen-bond acceptors (Lipinski definition) is 6. The molecule has 1 aliphatic carbocycles. The highest BCUT2D eigenvalue weighted by Gasteiger charge is 2.53. The summed E-state index contributed by atoms with van der Waals surface area (Å²) in [5.41, 5.74) is 0.707. The first-order chi connectivity index (χ1) is 13.3. The summed E-state index contributed by atoms with van der Waals surface area (Å²) < 4.78 is 32.2. The van der Waals surface area contributed by atoms with Gasteiger partial charge >= 0.3 is 12.3 Å². The van der Waals surface area contributed by atoms with E-state index in [4.69, 9.17) is 4.74 Å². The van der Waals surface area contributed by atoms with Crippen molar-refractivity contribution in [3.8, 4) is 5.75 Å². The molecule has 0 radical (unpaired) electrons. The summed E-state index contributed by atoms with van der Waals surface area (Å²) in [5, 5.41) is 14.8. The van der Waals surface area contributed by atoms with Gasteiger partial charge in [0.25, 0.3) is 0 Å². The number of amides is 1. The Bertz CT molecular complexity index is 963. The van der Waals surface area contributed by atoms with Crippen molar-refractivity contribution in [3.05, 3.63) is 39.8 Å². The number of nitrogens with zero attached hydrogens (tertiary/aromatic N) is 5. The van der Waals surface area contributed by atoms with E-state index in [2.05, 4.69) is 10.1 Å². The van der Waals surface area contributed by atoms with Crippen molar-refractivity contribution in [1.82, 2.24) is 14.8 Å². The first-order valence-electron chi connectivity index (χ1n) is 8.72. The second-order valence-electron chi connectivity index (χ2n) is 7.03. The van der Waals surface area contributed by atoms with E-state index in [0.717, 1.165) is 12.6 Å². The topological polar surface area (TPSA) is 103 Å². The minimum absolute atomic E-state index is 0.0512. The third-order valence-corrected chi connectivity index (χ3v) is 5.33. The molecule has 2 aromatic rings. The van der Waals surface area contributed by atoms with Crippen molar-refractivity contribution in [2.24, 2.45) is 11.8 Å². The van der Waals surface area contributed by atoms with Gasteiger partial charge in [-0.2, -0.15) is 13.9 Å². The predicted molar refractivity (Wildman–Crippen MR) is 92.3 cm³/mol. The molecule has 1 saturated carbocycles. The zero-order valence-electron chi connectivity index (χ0n) is 15.1. The van der Waals surface area contributed by atoms with Crippen molar-refractivity contribution in [2.45, 2.75) is 32.9 Å². The maximum Gasteiger partial charge on any atom is 0.387 e. The molecule has 0 aromatic carbocycles. The molecule has 1 saturated heterocycles. The van der Waals surface area contributed by atoms with Gasteiger partial charge in [-0.3, -0.25) is 24.5 Å². The van der Waals surface area contributed by atoms with E-state index >= 15 is 0 Å². The Balaban J connectivity index is 1.72. The van der Waals surface area contributed by atoms with E-state index in [1.54, 1.807) is 13.8 Å². The number of piperidine rings is 1. The number of alkyl halides is 2. The molecule has 1 aliphatic heterocycles. The molecular weight excluding hydrogens is 376 g/mol. The number of hydrogen-bond donors (Lipinski definition) is 0. The number of halogens is 2. The second kappa shape index (κ2) is 6.50. The van der Waals surface area contributed by atoms with Gasteiger partial charge in [0.05, 0.1) is 11.0 Å². The van der Waals surface area contributed by atoms with Crippen LogP contribution in [0, 0.1) is 28.9 Å². The molecule has 11 heteroatoms. The van der Waals surface area contributed by atoms with E-state index in [0.29, 0.717) is 17.7 Å². The van der Waals surface area contributed by atoms with Gasteiger partial charge < -0.3 is 4.74 Å². The number of ether oxygens (including phenoxy) is 1. The number of nitro groups is 1. The first kappa shape index (κ1) is 18.3. The Morgan fingerprint density at radius 1 is 1.39 bits per heavy atom.